The van der Waals surface area contributed by atoms with Gasteiger partial charge in [0.1, 0.15) is 0 Å². The molecule has 0 N–H and O–H groups in total. The summed E-state index contributed by atoms with van der Waals surface area (Å²) in [5, 5.41) is 0. The van der Waals surface area contributed by atoms with E-state index >= 15 is 0 Å². The molecule has 4 heteroatoms. The standard InChI is InChI=1S/C14H28PSi.C5H5.4CH3.ClH.Cr/c1-16(2)15(13-9-5-3-6-10-13)14-11-7-4-8-12-14;1-2-4-5-3-1;;;;;;/h13-14H,3-12H2,1-2H3;1-5H;4*1H3;1H;. The molecule has 0 unspecified atom stereocenters. The van der Waals surface area contributed by atoms with Gasteiger partial charge in [-0.1, -0.05) is 0 Å². The summed E-state index contributed by atoms with van der Waals surface area (Å²) >= 11 is 0. The van der Waals surface area contributed by atoms with Crippen LogP contribution < -0.4 is 0 Å². The summed E-state index contributed by atoms with van der Waals surface area (Å²) in [6, 6.07) is 0. The molecule has 3 aliphatic rings. The summed E-state index contributed by atoms with van der Waals surface area (Å²) in [6.07, 6.45) is 23.8. The first-order valence-electron chi connectivity index (χ1n) is 11.1. The zero-order valence-electron chi connectivity index (χ0n) is 18.9. The quantitative estimate of drug-likeness (QED) is 0.278. The van der Waals surface area contributed by atoms with Gasteiger partial charge in [0.2, 0.25) is 0 Å². The van der Waals surface area contributed by atoms with E-state index in [9.17, 15) is 0 Å². The van der Waals surface area contributed by atoms with Gasteiger partial charge < -0.3 is 0 Å². The zero-order chi connectivity index (χ0) is 19.1. The average molecular weight is 469 g/mol. The Morgan fingerprint density at radius 2 is 1.07 bits per heavy atom. The van der Waals surface area contributed by atoms with Crippen molar-refractivity contribution in [3.63, 3.8) is 0 Å². The van der Waals surface area contributed by atoms with Crippen LogP contribution in [0.25, 0.3) is 0 Å². The second-order valence-corrected chi connectivity index (χ2v) is 50.4. The number of hydrogen-bond acceptors (Lipinski definition) is 0. The van der Waals surface area contributed by atoms with Gasteiger partial charge >= 0.3 is 165 Å². The SMILES string of the molecule is C[Si](C)(P(C1CCCCC1)C1CCCCC1)[Cr]([CH3])([CH3])([CH3])([CH3])[CH]1C=CC=C1.Cl. The van der Waals surface area contributed by atoms with Gasteiger partial charge in [-0.2, -0.15) is 0 Å². The molecule has 0 bridgehead atoms. The van der Waals surface area contributed by atoms with E-state index in [1.807, 2.05) is 0 Å². The van der Waals surface area contributed by atoms with Crippen LogP contribution in [0.3, 0.4) is 0 Å². The van der Waals surface area contributed by atoms with Crippen molar-refractivity contribution < 1.29 is 10.3 Å². The van der Waals surface area contributed by atoms with Gasteiger partial charge in [-0.15, -0.1) is 12.4 Å². The first kappa shape index (κ1) is 24.2. The summed E-state index contributed by atoms with van der Waals surface area (Å²) in [5.41, 5.74) is 2.21. The molecule has 0 aliphatic heterocycles. The predicted octanol–water partition coefficient (Wildman–Crippen LogP) is 9.59. The van der Waals surface area contributed by atoms with Crippen LogP contribution in [0.15, 0.2) is 24.3 Å². The van der Waals surface area contributed by atoms with E-state index in [1.54, 1.807) is 25.7 Å². The second kappa shape index (κ2) is 7.89. The van der Waals surface area contributed by atoms with Crippen molar-refractivity contribution in [3.05, 3.63) is 24.3 Å². The van der Waals surface area contributed by atoms with Crippen LogP contribution in [0, 0.1) is 0 Å². The molecule has 0 saturated heterocycles. The molecule has 0 radical (unpaired) electrons. The third-order valence-corrected chi connectivity index (χ3v) is 63.3. The van der Waals surface area contributed by atoms with Gasteiger partial charge in [0, 0.05) is 0 Å². The van der Waals surface area contributed by atoms with Crippen molar-refractivity contribution in [2.24, 2.45) is 0 Å². The summed E-state index contributed by atoms with van der Waals surface area (Å²) in [4.78, 5) is 0. The Hall–Kier alpha value is 0.949. The molecule has 0 nitrogen and oxygen atoms in total. The maximum Gasteiger partial charge on any atom is -0.147 e. The monoisotopic (exact) mass is 468 g/mol. The van der Waals surface area contributed by atoms with Gasteiger partial charge in [0.15, 0.2) is 0 Å². The van der Waals surface area contributed by atoms with Crippen LogP contribution in [0.2, 0.25) is 41.0 Å². The topological polar surface area (TPSA) is 0 Å². The molecule has 3 aliphatic carbocycles. The zero-order valence-corrected chi connectivity index (χ0v) is 22.9. The fourth-order valence-corrected chi connectivity index (χ4v) is 46.9. The predicted molar refractivity (Wildman–Crippen MR) is 131 cm³/mol. The minimum Gasteiger partial charge on any atom is -0.147 e. The van der Waals surface area contributed by atoms with Crippen molar-refractivity contribution >= 4 is 26.2 Å². The van der Waals surface area contributed by atoms with Gasteiger partial charge in [0.25, 0.3) is 0 Å². The van der Waals surface area contributed by atoms with E-state index in [0.717, 1.165) is 16.1 Å². The molecule has 0 atom stereocenters. The van der Waals surface area contributed by atoms with Crippen LogP contribution in [0.4, 0.5) is 0 Å². The van der Waals surface area contributed by atoms with E-state index in [4.69, 9.17) is 0 Å². The smallest absolute Gasteiger partial charge is 0.147 e. The Morgan fingerprint density at radius 1 is 0.704 bits per heavy atom. The van der Waals surface area contributed by atoms with E-state index in [0.29, 0.717) is 0 Å². The van der Waals surface area contributed by atoms with Crippen LogP contribution in [0.5, 0.6) is 0 Å². The van der Waals surface area contributed by atoms with Crippen molar-refractivity contribution in [1.29, 1.82) is 0 Å². The average Bonchev–Trinajstić information content (AvgIpc) is 3.12. The Morgan fingerprint density at radius 3 is 1.44 bits per heavy atom. The molecule has 0 aromatic carbocycles. The number of allylic oxidation sites excluding steroid dienone is 4. The molecular weight excluding hydrogens is 423 g/mol. The molecule has 2 fully saturated rings. The molecule has 3 rings (SSSR count). The van der Waals surface area contributed by atoms with E-state index < -0.39 is 16.6 Å². The fourth-order valence-electron chi connectivity index (χ4n) is 5.83. The molecule has 2 saturated carbocycles. The summed E-state index contributed by atoms with van der Waals surface area (Å²) in [6.45, 7) is 5.77. The first-order valence-corrected chi connectivity index (χ1v) is 24.1. The van der Waals surface area contributed by atoms with Crippen LogP contribution in [-0.2, 0) is 10.3 Å². The molecular formula is C23H46ClCrPSi. The van der Waals surface area contributed by atoms with Crippen LogP contribution >= 0.6 is 19.9 Å². The first-order chi connectivity index (χ1) is 12.0. The largest absolute Gasteiger partial charge is 0.147 e. The van der Waals surface area contributed by atoms with Crippen molar-refractivity contribution in [3.8, 4) is 0 Å². The third-order valence-electron chi connectivity index (χ3n) is 8.78. The normalized spacial score (nSPS) is 26.0. The van der Waals surface area contributed by atoms with Crippen LogP contribution in [0.1, 0.15) is 64.2 Å². The maximum atomic E-state index is 2.89. The third kappa shape index (κ3) is 4.23. The second-order valence-electron chi connectivity index (χ2n) is 12.0. The molecule has 0 aromatic heterocycles. The Kier molecular flexibility index (Phi) is 7.08. The van der Waals surface area contributed by atoms with Gasteiger partial charge in [0.05, 0.1) is 0 Å². The number of hydrogen-bond donors (Lipinski definition) is 0. The Balaban J connectivity index is 0.00000261. The molecule has 0 amide bonds. The van der Waals surface area contributed by atoms with E-state index in [2.05, 4.69) is 60.5 Å². The molecule has 0 aromatic rings. The molecule has 0 heterocycles. The summed E-state index contributed by atoms with van der Waals surface area (Å²) in [5.74, 6) is 11.4. The van der Waals surface area contributed by atoms with E-state index in [1.165, 1.54) is 38.5 Å². The van der Waals surface area contributed by atoms with Crippen molar-refractivity contribution in [2.45, 2.75) is 117 Å². The molecule has 0 spiro atoms. The molecule has 27 heavy (non-hydrogen) atoms. The van der Waals surface area contributed by atoms with Gasteiger partial charge in [-0.25, -0.2) is 0 Å². The summed E-state index contributed by atoms with van der Waals surface area (Å²) < 4.78 is 0.751. The van der Waals surface area contributed by atoms with Crippen molar-refractivity contribution in [1.82, 2.24) is 0 Å². The Labute approximate surface area is 176 Å². The molecule has 160 valence electrons. The minimum absolute atomic E-state index is 0. The van der Waals surface area contributed by atoms with Crippen molar-refractivity contribution in [2.75, 3.05) is 0 Å². The number of rotatable bonds is 5. The Bertz CT molecular complexity index is 546. The van der Waals surface area contributed by atoms with Crippen LogP contribution in [-0.4, -0.2) is 17.6 Å². The number of halogens is 1. The van der Waals surface area contributed by atoms with E-state index in [-0.39, 0.29) is 19.9 Å². The summed E-state index contributed by atoms with van der Waals surface area (Å²) in [7, 11) is -2.69. The maximum absolute atomic E-state index is 2.89. The van der Waals surface area contributed by atoms with Gasteiger partial charge in [-0.3, -0.25) is 0 Å². The fraction of sp³-hybridized carbons (Fsp3) is 0.826. The van der Waals surface area contributed by atoms with Gasteiger partial charge in [-0.05, 0) is 0 Å². The minimum atomic E-state index is -2.89.